The molecule has 0 heterocycles. The van der Waals surface area contributed by atoms with E-state index in [2.05, 4.69) is 39.0 Å². The molecule has 2 atom stereocenters. The average Bonchev–Trinajstić information content (AvgIpc) is 2.36. The molecule has 0 aliphatic carbocycles. The normalized spacial score (nSPS) is 14.4. The van der Waals surface area contributed by atoms with Crippen molar-refractivity contribution in [2.75, 3.05) is 0 Å². The van der Waals surface area contributed by atoms with Gasteiger partial charge in [0.15, 0.2) is 0 Å². The third-order valence-corrected chi connectivity index (χ3v) is 3.57. The van der Waals surface area contributed by atoms with Gasteiger partial charge in [-0.25, -0.2) is 0 Å². The number of rotatable bonds is 5. The van der Waals surface area contributed by atoms with Gasteiger partial charge < -0.3 is 0 Å². The molecule has 0 aliphatic heterocycles. The second kappa shape index (κ2) is 6.33. The molecule has 1 rings (SSSR count). The largest absolute Gasteiger partial charge is 0.198 e. The molecule has 1 heteroatoms. The lowest BCUT2D eigenvalue weighted by Crippen LogP contribution is -2.18. The van der Waals surface area contributed by atoms with Crippen LogP contribution in [0.25, 0.3) is 0 Å². The van der Waals surface area contributed by atoms with E-state index < -0.39 is 0 Å². The third-order valence-electron chi connectivity index (χ3n) is 3.57. The van der Waals surface area contributed by atoms with Crippen LogP contribution in [-0.4, -0.2) is 0 Å². The summed E-state index contributed by atoms with van der Waals surface area (Å²) in [5.74, 6) is 0.980. The summed E-state index contributed by atoms with van der Waals surface area (Å²) in [5.41, 5.74) is 1.28. The molecule has 0 fully saturated rings. The second-order valence-electron chi connectivity index (χ2n) is 4.43. The van der Waals surface area contributed by atoms with Crippen LogP contribution in [0.5, 0.6) is 0 Å². The highest BCUT2D eigenvalue weighted by Gasteiger charge is 2.25. The first-order valence-corrected chi connectivity index (χ1v) is 6.19. The van der Waals surface area contributed by atoms with Crippen LogP contribution in [0, 0.1) is 23.2 Å². The van der Waals surface area contributed by atoms with Gasteiger partial charge in [-0.15, -0.1) is 0 Å². The highest BCUT2D eigenvalue weighted by molar-refractivity contribution is 5.21. The molecule has 0 aliphatic rings. The Morgan fingerprint density at radius 1 is 1.12 bits per heavy atom. The molecule has 86 valence electrons. The Morgan fingerprint density at radius 2 is 1.69 bits per heavy atom. The maximum Gasteiger partial charge on any atom is 0.0665 e. The summed E-state index contributed by atoms with van der Waals surface area (Å²) in [5, 5.41) is 9.34. The van der Waals surface area contributed by atoms with Gasteiger partial charge in [0.05, 0.1) is 12.0 Å². The van der Waals surface area contributed by atoms with Crippen molar-refractivity contribution < 1.29 is 0 Å². The van der Waals surface area contributed by atoms with E-state index in [0.29, 0.717) is 11.8 Å². The Balaban J connectivity index is 2.86. The minimum Gasteiger partial charge on any atom is -0.198 e. The van der Waals surface area contributed by atoms with E-state index in [1.165, 1.54) is 5.56 Å². The summed E-state index contributed by atoms with van der Waals surface area (Å²) in [6.07, 6.45) is 2.18. The Hall–Kier alpha value is -1.29. The summed E-state index contributed by atoms with van der Waals surface area (Å²) in [6, 6.07) is 12.9. The minimum absolute atomic E-state index is 0.136. The van der Waals surface area contributed by atoms with Crippen LogP contribution in [0.1, 0.15) is 45.1 Å². The predicted molar refractivity (Wildman–Crippen MR) is 68.0 cm³/mol. The van der Waals surface area contributed by atoms with Gasteiger partial charge in [0.2, 0.25) is 0 Å². The Bertz CT molecular complexity index is 332. The zero-order valence-electron chi connectivity index (χ0n) is 10.5. The van der Waals surface area contributed by atoms with Gasteiger partial charge in [0, 0.05) is 0 Å². The van der Waals surface area contributed by atoms with Gasteiger partial charge in [-0.3, -0.25) is 0 Å². The molecular weight excluding hydrogens is 194 g/mol. The second-order valence-corrected chi connectivity index (χ2v) is 4.43. The molecule has 0 saturated carbocycles. The predicted octanol–water partition coefficient (Wildman–Crippen LogP) is 4.37. The number of hydrogen-bond donors (Lipinski definition) is 0. The standard InChI is InChI=1S/C15H21N/c1-4-13(5-2)15(11-16)12(3)14-9-7-6-8-10-14/h6-10,12-13,15H,4-5H2,1-3H3/t12-,15-/m1/s1. The van der Waals surface area contributed by atoms with Gasteiger partial charge in [-0.2, -0.15) is 5.26 Å². The Labute approximate surface area is 99.1 Å². The third kappa shape index (κ3) is 2.85. The van der Waals surface area contributed by atoms with E-state index in [1.54, 1.807) is 0 Å². The molecule has 0 saturated heterocycles. The van der Waals surface area contributed by atoms with Crippen molar-refractivity contribution in [3.63, 3.8) is 0 Å². The number of hydrogen-bond acceptors (Lipinski definition) is 1. The van der Waals surface area contributed by atoms with Crippen LogP contribution in [0.15, 0.2) is 30.3 Å². The van der Waals surface area contributed by atoms with Gasteiger partial charge in [-0.05, 0) is 17.4 Å². The van der Waals surface area contributed by atoms with E-state index >= 15 is 0 Å². The van der Waals surface area contributed by atoms with E-state index in [9.17, 15) is 5.26 Å². The molecule has 16 heavy (non-hydrogen) atoms. The van der Waals surface area contributed by atoms with E-state index in [0.717, 1.165) is 12.8 Å². The van der Waals surface area contributed by atoms with E-state index in [1.807, 2.05) is 18.2 Å². The fourth-order valence-electron chi connectivity index (χ4n) is 2.39. The molecule has 0 N–H and O–H groups in total. The maximum absolute atomic E-state index is 9.34. The first-order valence-electron chi connectivity index (χ1n) is 6.19. The van der Waals surface area contributed by atoms with Crippen LogP contribution in [0.4, 0.5) is 0 Å². The lowest BCUT2D eigenvalue weighted by Gasteiger charge is -2.25. The van der Waals surface area contributed by atoms with Crippen molar-refractivity contribution >= 4 is 0 Å². The van der Waals surface area contributed by atoms with Crippen molar-refractivity contribution in [3.05, 3.63) is 35.9 Å². The SMILES string of the molecule is CCC(CC)[C@H](C#N)[C@H](C)c1ccccc1. The summed E-state index contributed by atoms with van der Waals surface area (Å²) < 4.78 is 0. The fourth-order valence-corrected chi connectivity index (χ4v) is 2.39. The van der Waals surface area contributed by atoms with E-state index in [4.69, 9.17) is 0 Å². The Kier molecular flexibility index (Phi) is 5.05. The zero-order chi connectivity index (χ0) is 12.0. The smallest absolute Gasteiger partial charge is 0.0665 e. The highest BCUT2D eigenvalue weighted by Crippen LogP contribution is 2.32. The van der Waals surface area contributed by atoms with Crippen molar-refractivity contribution in [1.82, 2.24) is 0 Å². The van der Waals surface area contributed by atoms with Gasteiger partial charge >= 0.3 is 0 Å². The minimum atomic E-state index is 0.136. The molecule has 0 unspecified atom stereocenters. The fraction of sp³-hybridized carbons (Fsp3) is 0.533. The van der Waals surface area contributed by atoms with Crippen LogP contribution in [0.2, 0.25) is 0 Å². The van der Waals surface area contributed by atoms with Gasteiger partial charge in [0.1, 0.15) is 0 Å². The average molecular weight is 215 g/mol. The molecule has 1 nitrogen and oxygen atoms in total. The van der Waals surface area contributed by atoms with Crippen LogP contribution < -0.4 is 0 Å². The number of nitrogens with zero attached hydrogens (tertiary/aromatic N) is 1. The molecule has 1 aromatic rings. The first-order chi connectivity index (χ1) is 7.74. The van der Waals surface area contributed by atoms with Crippen molar-refractivity contribution in [3.8, 4) is 6.07 Å². The molecule has 0 amide bonds. The topological polar surface area (TPSA) is 23.8 Å². The zero-order valence-corrected chi connectivity index (χ0v) is 10.5. The van der Waals surface area contributed by atoms with Crippen molar-refractivity contribution in [2.24, 2.45) is 11.8 Å². The van der Waals surface area contributed by atoms with Gasteiger partial charge in [-0.1, -0.05) is 63.9 Å². The van der Waals surface area contributed by atoms with Crippen LogP contribution in [-0.2, 0) is 0 Å². The highest BCUT2D eigenvalue weighted by atomic mass is 14.3. The van der Waals surface area contributed by atoms with E-state index in [-0.39, 0.29) is 5.92 Å². The summed E-state index contributed by atoms with van der Waals surface area (Å²) in [7, 11) is 0. The summed E-state index contributed by atoms with van der Waals surface area (Å²) in [6.45, 7) is 6.52. The molecule has 0 aromatic heterocycles. The molecular formula is C15H21N. The molecule has 0 radical (unpaired) electrons. The molecule has 0 bridgehead atoms. The monoisotopic (exact) mass is 215 g/mol. The Morgan fingerprint density at radius 3 is 2.12 bits per heavy atom. The number of nitriles is 1. The summed E-state index contributed by atoms with van der Waals surface area (Å²) in [4.78, 5) is 0. The maximum atomic E-state index is 9.34. The lowest BCUT2D eigenvalue weighted by molar-refractivity contribution is 0.339. The van der Waals surface area contributed by atoms with Gasteiger partial charge in [0.25, 0.3) is 0 Å². The summed E-state index contributed by atoms with van der Waals surface area (Å²) >= 11 is 0. The van der Waals surface area contributed by atoms with Crippen LogP contribution >= 0.6 is 0 Å². The molecule has 1 aromatic carbocycles. The quantitative estimate of drug-likeness (QED) is 0.715. The van der Waals surface area contributed by atoms with Crippen molar-refractivity contribution in [2.45, 2.75) is 39.5 Å². The first kappa shape index (κ1) is 12.8. The van der Waals surface area contributed by atoms with Crippen LogP contribution in [0.3, 0.4) is 0 Å². The van der Waals surface area contributed by atoms with Crippen molar-refractivity contribution in [1.29, 1.82) is 5.26 Å². The number of benzene rings is 1. The molecule has 0 spiro atoms. The lowest BCUT2D eigenvalue weighted by atomic mass is 9.77.